The number of rotatable bonds is 4. The molecule has 0 unspecified atom stereocenters. The number of hydrazone groups is 1. The van der Waals surface area contributed by atoms with E-state index in [1.807, 2.05) is 37.4 Å². The highest BCUT2D eigenvalue weighted by atomic mass is 32.1. The van der Waals surface area contributed by atoms with E-state index in [0.29, 0.717) is 5.11 Å². The summed E-state index contributed by atoms with van der Waals surface area (Å²) < 4.78 is 5.41. The van der Waals surface area contributed by atoms with E-state index in [0.717, 1.165) is 28.6 Å². The van der Waals surface area contributed by atoms with Crippen LogP contribution in [0.4, 0.5) is 0 Å². The molecule has 20 heavy (non-hydrogen) atoms. The van der Waals surface area contributed by atoms with E-state index in [1.54, 1.807) is 7.11 Å². The lowest BCUT2D eigenvalue weighted by Crippen LogP contribution is -2.82. The number of hydrogen-bond donors (Lipinski definition) is 3. The number of ether oxygens (including phenoxy) is 1. The van der Waals surface area contributed by atoms with Crippen molar-refractivity contribution in [2.24, 2.45) is 0 Å². The van der Waals surface area contributed by atoms with Crippen molar-refractivity contribution >= 4 is 34.3 Å². The second-order valence-electron chi connectivity index (χ2n) is 4.18. The van der Waals surface area contributed by atoms with Gasteiger partial charge in [-0.05, 0) is 36.0 Å². The van der Waals surface area contributed by atoms with Crippen LogP contribution in [-0.2, 0) is 0 Å². The SMILES string of the molecule is CCNC(=S)N[NH+]=Cc1c(OC)ccc2ccccc12. The molecular formula is C15H18N3OS+. The van der Waals surface area contributed by atoms with E-state index in [9.17, 15) is 0 Å². The molecule has 4 nitrogen and oxygen atoms in total. The summed E-state index contributed by atoms with van der Waals surface area (Å²) in [6.45, 7) is 2.77. The van der Waals surface area contributed by atoms with Crippen LogP contribution < -0.4 is 20.6 Å². The van der Waals surface area contributed by atoms with Gasteiger partial charge < -0.3 is 10.1 Å². The fraction of sp³-hybridized carbons (Fsp3) is 0.200. The van der Waals surface area contributed by atoms with Crippen LogP contribution in [0.25, 0.3) is 10.8 Å². The van der Waals surface area contributed by atoms with Crippen molar-refractivity contribution in [3.05, 3.63) is 42.0 Å². The molecule has 0 saturated carbocycles. The first-order valence-electron chi connectivity index (χ1n) is 6.44. The zero-order chi connectivity index (χ0) is 14.4. The van der Waals surface area contributed by atoms with Gasteiger partial charge in [-0.25, -0.2) is 0 Å². The molecule has 0 fully saturated rings. The molecule has 3 N–H and O–H groups in total. The maximum atomic E-state index is 5.41. The Morgan fingerprint density at radius 2 is 2.10 bits per heavy atom. The van der Waals surface area contributed by atoms with Crippen molar-refractivity contribution in [1.82, 2.24) is 10.7 Å². The molecule has 0 amide bonds. The van der Waals surface area contributed by atoms with Gasteiger partial charge in [0.1, 0.15) is 5.75 Å². The first-order chi connectivity index (χ1) is 9.76. The van der Waals surface area contributed by atoms with Crippen LogP contribution in [0.15, 0.2) is 36.4 Å². The van der Waals surface area contributed by atoms with Crippen molar-refractivity contribution in [3.63, 3.8) is 0 Å². The maximum absolute atomic E-state index is 5.41. The van der Waals surface area contributed by atoms with Gasteiger partial charge in [-0.15, -0.1) is 10.5 Å². The van der Waals surface area contributed by atoms with E-state index in [1.165, 1.54) is 0 Å². The normalized spacial score (nSPS) is 10.7. The fourth-order valence-corrected chi connectivity index (χ4v) is 2.18. The topological polar surface area (TPSA) is 47.3 Å². The van der Waals surface area contributed by atoms with Gasteiger partial charge in [0.2, 0.25) is 11.3 Å². The second kappa shape index (κ2) is 6.86. The number of nitrogens with one attached hydrogen (secondary N) is 3. The predicted molar refractivity (Wildman–Crippen MR) is 86.0 cm³/mol. The van der Waals surface area contributed by atoms with Gasteiger partial charge in [-0.2, -0.15) is 0 Å². The number of methoxy groups -OCH3 is 1. The molecule has 0 bridgehead atoms. The van der Waals surface area contributed by atoms with Crippen LogP contribution in [0.5, 0.6) is 5.75 Å². The molecule has 104 valence electrons. The van der Waals surface area contributed by atoms with Gasteiger partial charge in [0.25, 0.3) is 0 Å². The Labute approximate surface area is 123 Å². The molecule has 0 aliphatic heterocycles. The first kappa shape index (κ1) is 14.3. The maximum Gasteiger partial charge on any atom is 0.223 e. The first-order valence-corrected chi connectivity index (χ1v) is 6.85. The number of hydrazine groups is 1. The molecule has 0 aliphatic carbocycles. The van der Waals surface area contributed by atoms with Crippen LogP contribution in [0.2, 0.25) is 0 Å². The quantitative estimate of drug-likeness (QED) is 0.441. The van der Waals surface area contributed by atoms with Gasteiger partial charge in [-0.1, -0.05) is 30.3 Å². The molecule has 0 radical (unpaired) electrons. The standard InChI is InChI=1S/C15H17N3OS/c1-3-16-15(20)18-17-10-13-12-7-5-4-6-11(12)8-9-14(13)19-2/h4-10H,3H2,1-2H3,(H2,16,18,20)/p+1. The number of hydrogen-bond acceptors (Lipinski definition) is 2. The lowest BCUT2D eigenvalue weighted by molar-refractivity contribution is -0.500. The van der Waals surface area contributed by atoms with Crippen LogP contribution in [0.1, 0.15) is 12.5 Å². The number of thiocarbonyl (C=S) groups is 1. The molecule has 2 rings (SSSR count). The lowest BCUT2D eigenvalue weighted by Gasteiger charge is -2.06. The average molecular weight is 288 g/mol. The zero-order valence-corrected chi connectivity index (χ0v) is 12.4. The fourth-order valence-electron chi connectivity index (χ4n) is 1.98. The Bertz CT molecular complexity index is 640. The summed E-state index contributed by atoms with van der Waals surface area (Å²) in [6, 6.07) is 12.2. The van der Waals surface area contributed by atoms with Gasteiger partial charge in [0, 0.05) is 6.54 Å². The third-order valence-electron chi connectivity index (χ3n) is 2.89. The monoisotopic (exact) mass is 288 g/mol. The molecule has 0 aromatic heterocycles. The van der Waals surface area contributed by atoms with Crippen LogP contribution in [0, 0.1) is 0 Å². The summed E-state index contributed by atoms with van der Waals surface area (Å²) in [4.78, 5) is 0. The molecular weight excluding hydrogens is 270 g/mol. The molecule has 2 aromatic carbocycles. The Balaban J connectivity index is 2.31. The molecule has 0 heterocycles. The van der Waals surface area contributed by atoms with E-state index in [-0.39, 0.29) is 0 Å². The highest BCUT2D eigenvalue weighted by Crippen LogP contribution is 2.25. The van der Waals surface area contributed by atoms with E-state index < -0.39 is 0 Å². The molecule has 5 heteroatoms. The summed E-state index contributed by atoms with van der Waals surface area (Å²) >= 11 is 5.09. The summed E-state index contributed by atoms with van der Waals surface area (Å²) in [6.07, 6.45) is 1.85. The zero-order valence-electron chi connectivity index (χ0n) is 11.6. The van der Waals surface area contributed by atoms with Crippen LogP contribution in [-0.4, -0.2) is 25.0 Å². The third kappa shape index (κ3) is 3.24. The molecule has 0 spiro atoms. The summed E-state index contributed by atoms with van der Waals surface area (Å²) in [5.41, 5.74) is 3.89. The predicted octanol–water partition coefficient (Wildman–Crippen LogP) is 0.747. The Morgan fingerprint density at radius 3 is 2.85 bits per heavy atom. The van der Waals surface area contributed by atoms with Gasteiger partial charge in [0.05, 0.1) is 12.7 Å². The molecule has 0 atom stereocenters. The summed E-state index contributed by atoms with van der Waals surface area (Å²) in [7, 11) is 1.66. The number of fused-ring (bicyclic) bond motifs is 1. The van der Waals surface area contributed by atoms with E-state index >= 15 is 0 Å². The number of benzene rings is 2. The van der Waals surface area contributed by atoms with Gasteiger partial charge in [0.15, 0.2) is 0 Å². The Kier molecular flexibility index (Phi) is 4.90. The average Bonchev–Trinajstić information content (AvgIpc) is 2.47. The van der Waals surface area contributed by atoms with Gasteiger partial charge in [-0.3, -0.25) is 0 Å². The highest BCUT2D eigenvalue weighted by molar-refractivity contribution is 7.80. The lowest BCUT2D eigenvalue weighted by atomic mass is 10.0. The van der Waals surface area contributed by atoms with Gasteiger partial charge >= 0.3 is 0 Å². The molecule has 0 aliphatic rings. The van der Waals surface area contributed by atoms with Crippen molar-refractivity contribution in [3.8, 4) is 5.75 Å². The van der Waals surface area contributed by atoms with Crippen molar-refractivity contribution < 1.29 is 9.84 Å². The summed E-state index contributed by atoms with van der Waals surface area (Å²) in [5, 5.41) is 8.84. The minimum atomic E-state index is 0.558. The second-order valence-corrected chi connectivity index (χ2v) is 4.58. The van der Waals surface area contributed by atoms with Crippen LogP contribution >= 0.6 is 12.2 Å². The van der Waals surface area contributed by atoms with E-state index in [2.05, 4.69) is 28.0 Å². The van der Waals surface area contributed by atoms with Crippen molar-refractivity contribution in [2.45, 2.75) is 6.92 Å². The highest BCUT2D eigenvalue weighted by Gasteiger charge is 2.08. The minimum Gasteiger partial charge on any atom is -0.496 e. The Hall–Kier alpha value is -2.14. The Morgan fingerprint density at radius 1 is 1.30 bits per heavy atom. The molecule has 0 saturated heterocycles. The smallest absolute Gasteiger partial charge is 0.223 e. The third-order valence-corrected chi connectivity index (χ3v) is 3.14. The van der Waals surface area contributed by atoms with Crippen molar-refractivity contribution in [1.29, 1.82) is 0 Å². The minimum absolute atomic E-state index is 0.558. The molecule has 2 aromatic rings. The van der Waals surface area contributed by atoms with Crippen molar-refractivity contribution in [2.75, 3.05) is 13.7 Å². The van der Waals surface area contributed by atoms with Crippen LogP contribution in [0.3, 0.4) is 0 Å². The largest absolute Gasteiger partial charge is 0.496 e. The summed E-state index contributed by atoms with van der Waals surface area (Å²) in [5.74, 6) is 0.812. The van der Waals surface area contributed by atoms with E-state index in [4.69, 9.17) is 17.0 Å².